The first kappa shape index (κ1) is 11.7. The van der Waals surface area contributed by atoms with E-state index in [1.165, 1.54) is 12.7 Å². The van der Waals surface area contributed by atoms with Crippen molar-refractivity contribution in [3.63, 3.8) is 0 Å². The molecule has 0 fully saturated rings. The Morgan fingerprint density at radius 2 is 2.31 bits per heavy atom. The van der Waals surface area contributed by atoms with Crippen LogP contribution in [-0.2, 0) is 9.53 Å². The lowest BCUT2D eigenvalue weighted by Gasteiger charge is -1.85. The second-order valence-corrected chi connectivity index (χ2v) is 3.06. The molecule has 0 aliphatic rings. The fourth-order valence-corrected chi connectivity index (χ4v) is 1.24. The summed E-state index contributed by atoms with van der Waals surface area (Å²) >= 11 is 1.68. The van der Waals surface area contributed by atoms with Crippen molar-refractivity contribution in [1.82, 2.24) is 0 Å². The van der Waals surface area contributed by atoms with Crippen molar-refractivity contribution >= 4 is 23.9 Å². The van der Waals surface area contributed by atoms with E-state index in [1.54, 1.807) is 11.3 Å². The zero-order valence-corrected chi connectivity index (χ0v) is 8.51. The molecule has 1 heterocycles. The number of hydrogen-bond acceptors (Lipinski definition) is 4. The topological polar surface area (TPSA) is 52.3 Å². The fraction of sp³-hybridized carbons (Fsp3) is 0.222. The van der Waals surface area contributed by atoms with Crippen molar-refractivity contribution in [2.24, 2.45) is 5.73 Å². The van der Waals surface area contributed by atoms with E-state index in [4.69, 9.17) is 10.5 Å². The Hall–Kier alpha value is -1.29. The quantitative estimate of drug-likeness (QED) is 0.740. The molecule has 13 heavy (non-hydrogen) atoms. The molecule has 0 saturated carbocycles. The lowest BCUT2D eigenvalue weighted by Crippen LogP contribution is -1.87. The molecule has 72 valence electrons. The predicted octanol–water partition coefficient (Wildman–Crippen LogP) is 1.86. The average molecular weight is 199 g/mol. The highest BCUT2D eigenvalue weighted by Gasteiger charge is 1.84. The number of allylic oxidation sites excluding steroid dienone is 1. The number of carbonyl (C=O) groups excluding carboxylic acids is 1. The summed E-state index contributed by atoms with van der Waals surface area (Å²) in [5.74, 6) is 0. The predicted molar refractivity (Wildman–Crippen MR) is 55.2 cm³/mol. The normalized spacial score (nSPS) is 9.85. The first-order chi connectivity index (χ1) is 6.20. The number of thiophene rings is 1. The minimum Gasteiger partial charge on any atom is -0.471 e. The van der Waals surface area contributed by atoms with Crippen molar-refractivity contribution < 1.29 is 9.53 Å². The third-order valence-corrected chi connectivity index (χ3v) is 1.74. The standard InChI is InChI=1S/C7H9NS.C2H4O2/c1-6(8)4-7-2-3-9-5-7;1-4-2-3/h2-5H,8H2,1H3;2H,1H3/b6-4-;. The zero-order chi connectivity index (χ0) is 10.1. The van der Waals surface area contributed by atoms with Crippen LogP contribution in [0.25, 0.3) is 6.08 Å². The van der Waals surface area contributed by atoms with Crippen molar-refractivity contribution in [1.29, 1.82) is 0 Å². The van der Waals surface area contributed by atoms with Gasteiger partial charge >= 0.3 is 0 Å². The number of rotatable bonds is 2. The fourth-order valence-electron chi connectivity index (χ4n) is 0.620. The lowest BCUT2D eigenvalue weighted by molar-refractivity contribution is -0.126. The van der Waals surface area contributed by atoms with Crippen molar-refractivity contribution in [3.05, 3.63) is 28.1 Å². The van der Waals surface area contributed by atoms with Crippen LogP contribution >= 0.6 is 11.3 Å². The summed E-state index contributed by atoms with van der Waals surface area (Å²) in [6.45, 7) is 2.26. The average Bonchev–Trinajstić information content (AvgIpc) is 2.56. The van der Waals surface area contributed by atoms with Gasteiger partial charge in [-0.15, -0.1) is 0 Å². The Bertz CT molecular complexity index is 251. The molecular formula is C9H13NO2S. The second-order valence-electron chi connectivity index (χ2n) is 2.28. The Morgan fingerprint density at radius 3 is 2.62 bits per heavy atom. The van der Waals surface area contributed by atoms with Crippen LogP contribution in [0.3, 0.4) is 0 Å². The molecule has 3 nitrogen and oxygen atoms in total. The Morgan fingerprint density at radius 1 is 1.69 bits per heavy atom. The Balaban J connectivity index is 0.000000310. The summed E-state index contributed by atoms with van der Waals surface area (Å²) in [6, 6.07) is 2.04. The van der Waals surface area contributed by atoms with Crippen LogP contribution in [0.15, 0.2) is 22.5 Å². The van der Waals surface area contributed by atoms with Gasteiger partial charge < -0.3 is 10.5 Å². The van der Waals surface area contributed by atoms with E-state index in [0.717, 1.165) is 5.70 Å². The highest BCUT2D eigenvalue weighted by atomic mass is 32.1. The Kier molecular flexibility index (Phi) is 6.63. The summed E-state index contributed by atoms with van der Waals surface area (Å²) < 4.78 is 3.86. The van der Waals surface area contributed by atoms with Crippen LogP contribution < -0.4 is 5.73 Å². The summed E-state index contributed by atoms with van der Waals surface area (Å²) in [7, 11) is 1.31. The molecule has 0 aromatic carbocycles. The van der Waals surface area contributed by atoms with Crippen LogP contribution in [0.2, 0.25) is 0 Å². The SMILES string of the molecule is C/C(N)=C/c1ccsc1.COC=O. The van der Waals surface area contributed by atoms with Gasteiger partial charge in [-0.1, -0.05) is 0 Å². The van der Waals surface area contributed by atoms with Gasteiger partial charge in [0.1, 0.15) is 0 Å². The van der Waals surface area contributed by atoms with E-state index in [9.17, 15) is 0 Å². The number of nitrogens with two attached hydrogens (primary N) is 1. The highest BCUT2D eigenvalue weighted by Crippen LogP contribution is 2.08. The van der Waals surface area contributed by atoms with E-state index in [2.05, 4.69) is 10.1 Å². The molecule has 0 spiro atoms. The van der Waals surface area contributed by atoms with Gasteiger partial charge in [0.2, 0.25) is 0 Å². The molecule has 0 radical (unpaired) electrons. The molecule has 0 bridgehead atoms. The first-order valence-corrected chi connectivity index (χ1v) is 4.57. The maximum absolute atomic E-state index is 8.95. The van der Waals surface area contributed by atoms with E-state index in [0.29, 0.717) is 6.47 Å². The van der Waals surface area contributed by atoms with Gasteiger partial charge in [0.25, 0.3) is 6.47 Å². The molecule has 2 N–H and O–H groups in total. The number of ether oxygens (including phenoxy) is 1. The minimum atomic E-state index is 0.375. The van der Waals surface area contributed by atoms with Crippen LogP contribution in [-0.4, -0.2) is 13.6 Å². The zero-order valence-electron chi connectivity index (χ0n) is 7.69. The van der Waals surface area contributed by atoms with Gasteiger partial charge in [-0.3, -0.25) is 4.79 Å². The molecule has 1 aromatic heterocycles. The third-order valence-electron chi connectivity index (χ3n) is 1.03. The molecule has 0 aliphatic carbocycles. The van der Waals surface area contributed by atoms with Gasteiger partial charge in [-0.25, -0.2) is 0 Å². The van der Waals surface area contributed by atoms with E-state index < -0.39 is 0 Å². The first-order valence-electron chi connectivity index (χ1n) is 3.63. The van der Waals surface area contributed by atoms with Crippen LogP contribution in [0.1, 0.15) is 12.5 Å². The van der Waals surface area contributed by atoms with Gasteiger partial charge in [-0.2, -0.15) is 11.3 Å². The largest absolute Gasteiger partial charge is 0.471 e. The van der Waals surface area contributed by atoms with Gasteiger partial charge in [0, 0.05) is 5.70 Å². The third kappa shape index (κ3) is 7.08. The van der Waals surface area contributed by atoms with Crippen molar-refractivity contribution in [3.8, 4) is 0 Å². The van der Waals surface area contributed by atoms with Crippen LogP contribution in [0.4, 0.5) is 0 Å². The minimum absolute atomic E-state index is 0.375. The van der Waals surface area contributed by atoms with Gasteiger partial charge in [-0.05, 0) is 35.4 Å². The highest BCUT2D eigenvalue weighted by molar-refractivity contribution is 7.08. The Labute approximate surface area is 81.8 Å². The maximum atomic E-state index is 8.95. The smallest absolute Gasteiger partial charge is 0.292 e. The summed E-state index contributed by atoms with van der Waals surface area (Å²) in [6.07, 6.45) is 1.95. The monoisotopic (exact) mass is 199 g/mol. The molecule has 4 heteroatoms. The van der Waals surface area contributed by atoms with Crippen molar-refractivity contribution in [2.75, 3.05) is 7.11 Å². The van der Waals surface area contributed by atoms with Gasteiger partial charge in [0.15, 0.2) is 0 Å². The molecule has 0 saturated heterocycles. The second kappa shape index (κ2) is 7.36. The lowest BCUT2D eigenvalue weighted by atomic mass is 10.3. The molecule has 1 aromatic rings. The van der Waals surface area contributed by atoms with Crippen LogP contribution in [0, 0.1) is 0 Å². The molecule has 0 aliphatic heterocycles. The molecular weight excluding hydrogens is 186 g/mol. The van der Waals surface area contributed by atoms with E-state index in [1.807, 2.05) is 24.4 Å². The molecule has 0 amide bonds. The van der Waals surface area contributed by atoms with Crippen molar-refractivity contribution in [2.45, 2.75) is 6.92 Å². The molecule has 0 unspecified atom stereocenters. The van der Waals surface area contributed by atoms with Crippen LogP contribution in [0.5, 0.6) is 0 Å². The summed E-state index contributed by atoms with van der Waals surface area (Å²) in [4.78, 5) is 8.95. The van der Waals surface area contributed by atoms with E-state index >= 15 is 0 Å². The summed E-state index contributed by atoms with van der Waals surface area (Å²) in [5, 5.41) is 4.10. The number of hydrogen-bond donors (Lipinski definition) is 1. The van der Waals surface area contributed by atoms with E-state index in [-0.39, 0.29) is 0 Å². The number of methoxy groups -OCH3 is 1. The maximum Gasteiger partial charge on any atom is 0.292 e. The molecule has 1 rings (SSSR count). The number of carbonyl (C=O) groups is 1. The molecule has 0 atom stereocenters. The summed E-state index contributed by atoms with van der Waals surface area (Å²) in [5.41, 5.74) is 7.50. The van der Waals surface area contributed by atoms with Gasteiger partial charge in [0.05, 0.1) is 7.11 Å².